The number of carbonyl (C=O) groups is 2. The maximum Gasteiger partial charge on any atom is 0.481 e. The van der Waals surface area contributed by atoms with Crippen molar-refractivity contribution in [3.8, 4) is 11.3 Å². The summed E-state index contributed by atoms with van der Waals surface area (Å²) in [5.74, 6) is -0.138. The summed E-state index contributed by atoms with van der Waals surface area (Å²) in [5.41, 5.74) is 1.52. The van der Waals surface area contributed by atoms with Crippen molar-refractivity contribution in [3.63, 3.8) is 0 Å². The van der Waals surface area contributed by atoms with Gasteiger partial charge in [0.05, 0.1) is 29.4 Å². The Balaban J connectivity index is 1.29. The Morgan fingerprint density at radius 3 is 2.42 bits per heavy atom. The number of rotatable bonds is 9. The maximum atomic E-state index is 13.5. The molecule has 2 aromatic rings. The van der Waals surface area contributed by atoms with Gasteiger partial charge < -0.3 is 25.0 Å². The van der Waals surface area contributed by atoms with E-state index in [1.54, 1.807) is 12.1 Å². The summed E-state index contributed by atoms with van der Waals surface area (Å²) in [5, 5.41) is 16.3. The van der Waals surface area contributed by atoms with Gasteiger partial charge in [-0.1, -0.05) is 64.1 Å². The SMILES string of the molecule is CC(C)CC(NC(=O)C(NC(=O)c1cccc(-c2ccccc2)n1)[C@@H](C)O)B1OC2C[C@@H]3C[C@@H](C3(C)C)[C@]2(C)O1. The van der Waals surface area contributed by atoms with Gasteiger partial charge in [0.25, 0.3) is 5.91 Å². The van der Waals surface area contributed by atoms with Crippen LogP contribution in [-0.2, 0) is 14.1 Å². The molecule has 3 saturated carbocycles. The number of amides is 2. The number of nitrogens with one attached hydrogen (secondary N) is 2. The molecule has 8 nitrogen and oxygen atoms in total. The van der Waals surface area contributed by atoms with Crippen LogP contribution in [0.15, 0.2) is 48.5 Å². The monoisotopic (exact) mass is 547 g/mol. The number of benzene rings is 1. The minimum Gasteiger partial charge on any atom is -0.404 e. The lowest BCUT2D eigenvalue weighted by Gasteiger charge is -2.64. The molecule has 2 heterocycles. The smallest absolute Gasteiger partial charge is 0.404 e. The summed E-state index contributed by atoms with van der Waals surface area (Å²) in [4.78, 5) is 31.2. The molecular formula is C31H42BN3O5. The highest BCUT2D eigenvalue weighted by Gasteiger charge is 2.68. The molecule has 3 unspecified atom stereocenters. The fourth-order valence-electron chi connectivity index (χ4n) is 7.04. The highest BCUT2D eigenvalue weighted by Crippen LogP contribution is 2.65. The lowest BCUT2D eigenvalue weighted by molar-refractivity contribution is -0.199. The van der Waals surface area contributed by atoms with Crippen molar-refractivity contribution < 1.29 is 24.0 Å². The number of aliphatic hydroxyl groups is 1. The minimum atomic E-state index is -1.17. The van der Waals surface area contributed by atoms with Crippen LogP contribution in [0.1, 0.15) is 71.3 Å². The van der Waals surface area contributed by atoms with Crippen LogP contribution in [0.3, 0.4) is 0 Å². The van der Waals surface area contributed by atoms with Gasteiger partial charge in [0.1, 0.15) is 11.7 Å². The van der Waals surface area contributed by atoms with Gasteiger partial charge in [-0.05, 0) is 68.4 Å². The Morgan fingerprint density at radius 1 is 1.05 bits per heavy atom. The predicted octanol–water partition coefficient (Wildman–Crippen LogP) is 4.03. The van der Waals surface area contributed by atoms with E-state index in [-0.39, 0.29) is 23.1 Å². The molecular weight excluding hydrogens is 505 g/mol. The van der Waals surface area contributed by atoms with Crippen LogP contribution in [0.25, 0.3) is 11.3 Å². The third-order valence-electron chi connectivity index (χ3n) is 9.45. The van der Waals surface area contributed by atoms with Crippen LogP contribution >= 0.6 is 0 Å². The average molecular weight is 548 g/mol. The van der Waals surface area contributed by atoms with E-state index in [4.69, 9.17) is 9.31 Å². The summed E-state index contributed by atoms with van der Waals surface area (Å²) < 4.78 is 13.1. The van der Waals surface area contributed by atoms with E-state index >= 15 is 0 Å². The number of pyridine rings is 1. The topological polar surface area (TPSA) is 110 Å². The van der Waals surface area contributed by atoms with Crippen molar-refractivity contribution in [2.24, 2.45) is 23.2 Å². The van der Waals surface area contributed by atoms with Gasteiger partial charge in [-0.2, -0.15) is 0 Å². The first-order valence-electron chi connectivity index (χ1n) is 14.5. The van der Waals surface area contributed by atoms with Crippen molar-refractivity contribution >= 4 is 18.9 Å². The van der Waals surface area contributed by atoms with E-state index in [0.717, 1.165) is 18.4 Å². The van der Waals surface area contributed by atoms with Crippen LogP contribution in [0.2, 0.25) is 0 Å². The van der Waals surface area contributed by atoms with Crippen molar-refractivity contribution in [1.29, 1.82) is 0 Å². The van der Waals surface area contributed by atoms with Crippen LogP contribution in [-0.4, -0.2) is 58.8 Å². The molecule has 7 atom stereocenters. The van der Waals surface area contributed by atoms with Gasteiger partial charge >= 0.3 is 7.12 Å². The van der Waals surface area contributed by atoms with E-state index in [1.165, 1.54) is 6.92 Å². The normalized spacial score (nSPS) is 28.7. The Labute approximate surface area is 237 Å². The van der Waals surface area contributed by atoms with E-state index in [0.29, 0.717) is 24.0 Å². The third-order valence-corrected chi connectivity index (χ3v) is 9.45. The Hall–Kier alpha value is -2.75. The van der Waals surface area contributed by atoms with Gasteiger partial charge in [0.2, 0.25) is 5.91 Å². The molecule has 2 bridgehead atoms. The minimum absolute atomic E-state index is 0.00364. The Bertz CT molecular complexity index is 1240. The molecule has 4 aliphatic rings. The molecule has 6 rings (SSSR count). The number of aliphatic hydroxyl groups excluding tert-OH is 1. The largest absolute Gasteiger partial charge is 0.481 e. The first-order chi connectivity index (χ1) is 18.9. The van der Waals surface area contributed by atoms with Crippen molar-refractivity contribution in [3.05, 3.63) is 54.2 Å². The lowest BCUT2D eigenvalue weighted by Crippen LogP contribution is -2.65. The van der Waals surface area contributed by atoms with E-state index in [9.17, 15) is 14.7 Å². The zero-order valence-electron chi connectivity index (χ0n) is 24.4. The molecule has 214 valence electrons. The lowest BCUT2D eigenvalue weighted by atomic mass is 9.43. The second-order valence-corrected chi connectivity index (χ2v) is 13.0. The average Bonchev–Trinajstić information content (AvgIpc) is 3.28. The van der Waals surface area contributed by atoms with E-state index < -0.39 is 42.6 Å². The van der Waals surface area contributed by atoms with Gasteiger partial charge in [-0.15, -0.1) is 0 Å². The summed E-state index contributed by atoms with van der Waals surface area (Å²) in [7, 11) is -0.592. The second kappa shape index (κ2) is 10.9. The molecule has 1 aromatic heterocycles. The molecule has 9 heteroatoms. The van der Waals surface area contributed by atoms with Crippen LogP contribution < -0.4 is 10.6 Å². The first-order valence-corrected chi connectivity index (χ1v) is 14.5. The van der Waals surface area contributed by atoms with Crippen molar-refractivity contribution in [2.45, 2.75) is 90.6 Å². The molecule has 1 aromatic carbocycles. The molecule has 3 N–H and O–H groups in total. The third kappa shape index (κ3) is 5.31. The zero-order valence-corrected chi connectivity index (χ0v) is 24.4. The summed E-state index contributed by atoms with van der Waals surface area (Å²) >= 11 is 0. The molecule has 4 fully saturated rings. The molecule has 3 aliphatic carbocycles. The summed E-state index contributed by atoms with van der Waals surface area (Å²) in [6.45, 7) is 12.5. The molecule has 1 aliphatic heterocycles. The van der Waals surface area contributed by atoms with E-state index in [1.807, 2.05) is 36.4 Å². The second-order valence-electron chi connectivity index (χ2n) is 13.0. The molecule has 0 spiro atoms. The van der Waals surface area contributed by atoms with E-state index in [2.05, 4.69) is 50.2 Å². The standard InChI is InChI=1S/C31H42BN3O5/c1-18(2)15-26(32-39-25-17-21-16-24(30(21,4)5)31(25,6)40-32)34-29(38)27(19(3)36)35-28(37)23-14-10-13-22(33-23)20-11-8-7-9-12-20/h7-14,18-19,21,24-27,36H,15-17H2,1-6H3,(H,34,38)(H,35,37)/t19-,21+,24+,25?,26?,27?,31+/m1/s1. The molecule has 2 amide bonds. The number of carbonyl (C=O) groups excluding carboxylic acids is 2. The highest BCUT2D eigenvalue weighted by atomic mass is 16.7. The summed E-state index contributed by atoms with van der Waals surface area (Å²) in [6, 6.07) is 13.6. The summed E-state index contributed by atoms with van der Waals surface area (Å²) in [6.07, 6.45) is 1.61. The van der Waals surface area contributed by atoms with Crippen molar-refractivity contribution in [2.75, 3.05) is 0 Å². The number of nitrogens with zero attached hydrogens (tertiary/aromatic N) is 1. The van der Waals surface area contributed by atoms with Crippen LogP contribution in [0.4, 0.5) is 0 Å². The first kappa shape index (κ1) is 28.8. The fraction of sp³-hybridized carbons (Fsp3) is 0.581. The number of hydrogen-bond donors (Lipinski definition) is 3. The zero-order chi connectivity index (χ0) is 28.8. The van der Waals surface area contributed by atoms with Gasteiger partial charge in [0, 0.05) is 5.56 Å². The van der Waals surface area contributed by atoms with Gasteiger partial charge in [-0.3, -0.25) is 9.59 Å². The Kier molecular flexibility index (Phi) is 7.85. The number of aromatic nitrogens is 1. The molecule has 40 heavy (non-hydrogen) atoms. The van der Waals surface area contributed by atoms with Gasteiger partial charge in [-0.25, -0.2) is 4.98 Å². The van der Waals surface area contributed by atoms with Crippen LogP contribution in [0.5, 0.6) is 0 Å². The Morgan fingerprint density at radius 2 is 1.77 bits per heavy atom. The number of hydrogen-bond acceptors (Lipinski definition) is 6. The quantitative estimate of drug-likeness (QED) is 0.409. The fourth-order valence-corrected chi connectivity index (χ4v) is 7.04. The molecule has 0 radical (unpaired) electrons. The van der Waals surface area contributed by atoms with Crippen molar-refractivity contribution in [1.82, 2.24) is 15.6 Å². The predicted molar refractivity (Wildman–Crippen MR) is 154 cm³/mol. The highest BCUT2D eigenvalue weighted by molar-refractivity contribution is 6.48. The van der Waals surface area contributed by atoms with Gasteiger partial charge in [0.15, 0.2) is 0 Å². The van der Waals surface area contributed by atoms with Crippen LogP contribution in [0, 0.1) is 23.2 Å². The molecule has 1 saturated heterocycles. The maximum absolute atomic E-state index is 13.5.